The topological polar surface area (TPSA) is 330 Å². The van der Waals surface area contributed by atoms with Crippen molar-refractivity contribution in [2.75, 3.05) is 0 Å². The van der Waals surface area contributed by atoms with Gasteiger partial charge in [-0.15, -0.1) is 0 Å². The van der Waals surface area contributed by atoms with Gasteiger partial charge in [0.15, 0.2) is 0 Å². The zero-order chi connectivity index (χ0) is 20.0. The van der Waals surface area contributed by atoms with Crippen LogP contribution in [0, 0.1) is 0 Å². The molecule has 0 aromatic heterocycles. The monoisotopic (exact) mass is 546 g/mol. The van der Waals surface area contributed by atoms with Crippen molar-refractivity contribution in [3.05, 3.63) is 0 Å². The standard InChI is InChI=1S/3Mg.2H4NO8P3/c;;;2*1-11(4,5)9-12(6,7)8-10(2)3/h;;;2*(H,6,7)(H3,1,4,5)/q3*+2;;/p-4. The summed E-state index contributed by atoms with van der Waals surface area (Å²) in [6, 6.07) is 0. The van der Waals surface area contributed by atoms with Gasteiger partial charge in [-0.05, 0) is 9.13 Å². The Kier molecular flexibility index (Phi) is 24.7. The maximum absolute atomic E-state index is 10.2. The summed E-state index contributed by atoms with van der Waals surface area (Å²) in [6.07, 6.45) is 0. The Morgan fingerprint density at radius 1 is 0.630 bits per heavy atom. The Bertz CT molecular complexity index is 593. The van der Waals surface area contributed by atoms with Crippen LogP contribution in [0.5, 0.6) is 0 Å². The molecule has 0 aliphatic rings. The molecule has 18 nitrogen and oxygen atoms in total. The van der Waals surface area contributed by atoms with Crippen LogP contribution < -0.4 is 40.4 Å². The molecule has 6 atom stereocenters. The summed E-state index contributed by atoms with van der Waals surface area (Å²) in [7, 11) is -28.5. The number of rotatable bonds is 8. The minimum Gasteiger partial charge on any atom is -0.766 e. The summed E-state index contributed by atoms with van der Waals surface area (Å²) >= 11 is 0. The zero-order valence-corrected chi connectivity index (χ0v) is 22.1. The maximum atomic E-state index is 10.2. The number of hydrogen-bond acceptors (Lipinski definition) is 16. The summed E-state index contributed by atoms with van der Waals surface area (Å²) in [4.78, 5) is 59.6. The summed E-state index contributed by atoms with van der Waals surface area (Å²) < 4.78 is 72.0. The van der Waals surface area contributed by atoms with Gasteiger partial charge in [0.1, 0.15) is 0 Å². The predicted molar refractivity (Wildman–Crippen MR) is 75.6 cm³/mol. The largest absolute Gasteiger partial charge is 2.00 e. The van der Waals surface area contributed by atoms with Gasteiger partial charge in [0.2, 0.25) is 15.5 Å². The molecule has 0 bridgehead atoms. The normalized spacial score (nSPS) is 20.0. The Morgan fingerprint density at radius 2 is 0.815 bits per heavy atom. The SMILES string of the molecule is NP(=O)([O-])OP(=O)([O-])O[P+](=O)[O-].NP(=O)([O-])OP(=O)([O-])O[P+](=O)[O-].[Mg+2].[Mg+2].[Mg+2]. The first-order valence-electron chi connectivity index (χ1n) is 4.17. The fourth-order valence-corrected chi connectivity index (χ4v) is 4.78. The number of hydrogen-bond donors (Lipinski definition) is 2. The number of phosphoric acid groups is 2. The van der Waals surface area contributed by atoms with Gasteiger partial charge in [-0.2, -0.15) is 0 Å². The van der Waals surface area contributed by atoms with E-state index in [1.807, 2.05) is 0 Å². The molecule has 0 aromatic carbocycles. The van der Waals surface area contributed by atoms with Crippen LogP contribution in [0.1, 0.15) is 0 Å². The summed E-state index contributed by atoms with van der Waals surface area (Å²) in [6.45, 7) is 0. The van der Waals surface area contributed by atoms with Gasteiger partial charge in [-0.1, -0.05) is 8.62 Å². The predicted octanol–water partition coefficient (Wildman–Crippen LogP) is -5.28. The van der Waals surface area contributed by atoms with E-state index >= 15 is 0 Å². The Hall–Kier alpha value is 2.94. The second-order valence-electron chi connectivity index (χ2n) is 2.75. The van der Waals surface area contributed by atoms with Crippen molar-refractivity contribution in [3.63, 3.8) is 0 Å². The fourth-order valence-electron chi connectivity index (χ4n) is 0.472. The molecule has 0 radical (unpaired) electrons. The molecule has 27 heavy (non-hydrogen) atoms. The molecule has 0 spiro atoms. The Balaban J connectivity index is -0.000000108. The Morgan fingerprint density at radius 3 is 0.926 bits per heavy atom. The van der Waals surface area contributed by atoms with Crippen LogP contribution in [-0.2, 0) is 44.6 Å². The van der Waals surface area contributed by atoms with E-state index in [-0.39, 0.29) is 69.2 Å². The molecule has 27 heteroatoms. The molecule has 0 amide bonds. The Labute approximate surface area is 200 Å². The summed E-state index contributed by atoms with van der Waals surface area (Å²) in [5.41, 5.74) is 8.25. The van der Waals surface area contributed by atoms with E-state index in [1.54, 1.807) is 0 Å². The van der Waals surface area contributed by atoms with Crippen molar-refractivity contribution in [1.82, 2.24) is 0 Å². The van der Waals surface area contributed by atoms with Crippen molar-refractivity contribution in [2.24, 2.45) is 11.0 Å². The molecular weight excluding hydrogens is 543 g/mol. The van der Waals surface area contributed by atoms with Crippen molar-refractivity contribution in [3.8, 4) is 0 Å². The molecule has 0 saturated carbocycles. The van der Waals surface area contributed by atoms with E-state index in [4.69, 9.17) is 0 Å². The third-order valence-corrected chi connectivity index (χ3v) is 6.85. The van der Waals surface area contributed by atoms with Gasteiger partial charge < -0.3 is 29.4 Å². The van der Waals surface area contributed by atoms with Gasteiger partial charge in [0.25, 0.3) is 0 Å². The van der Waals surface area contributed by atoms with Crippen molar-refractivity contribution in [1.29, 1.82) is 0 Å². The average molecular weight is 547 g/mol. The maximum Gasteiger partial charge on any atom is 2.00 e. The van der Waals surface area contributed by atoms with Crippen molar-refractivity contribution < 1.29 is 74.0 Å². The van der Waals surface area contributed by atoms with Gasteiger partial charge in [-0.25, -0.2) is 0 Å². The molecule has 0 aliphatic heterocycles. The smallest absolute Gasteiger partial charge is 0.766 e. The molecule has 0 saturated heterocycles. The molecule has 0 aliphatic carbocycles. The van der Waals surface area contributed by atoms with Crippen LogP contribution in [0.2, 0.25) is 0 Å². The molecule has 0 aromatic rings. The average Bonchev–Trinajstić information content (AvgIpc) is 2.02. The van der Waals surface area contributed by atoms with Crippen molar-refractivity contribution >= 4 is 117 Å². The molecule has 144 valence electrons. The van der Waals surface area contributed by atoms with Gasteiger partial charge in [0.05, 0.1) is 0 Å². The van der Waals surface area contributed by atoms with Crippen LogP contribution in [0.15, 0.2) is 0 Å². The van der Waals surface area contributed by atoms with E-state index in [2.05, 4.69) is 28.3 Å². The van der Waals surface area contributed by atoms with Gasteiger partial charge in [0, 0.05) is 0 Å². The summed E-state index contributed by atoms with van der Waals surface area (Å²) in [5, 5.41) is 0. The van der Waals surface area contributed by atoms with E-state index in [9.17, 15) is 56.8 Å². The first-order chi connectivity index (χ1) is 10.2. The van der Waals surface area contributed by atoms with Crippen LogP contribution >= 0.6 is 47.6 Å². The number of nitrogens with two attached hydrogens (primary N) is 2. The van der Waals surface area contributed by atoms with E-state index < -0.39 is 47.6 Å². The third-order valence-electron chi connectivity index (χ3n) is 0.761. The van der Waals surface area contributed by atoms with Crippen molar-refractivity contribution in [2.45, 2.75) is 0 Å². The molecular formula is H4Mg3N2O16P6+2. The molecule has 0 fully saturated rings. The quantitative estimate of drug-likeness (QED) is 0.212. The van der Waals surface area contributed by atoms with Gasteiger partial charge in [-0.3, -0.25) is 37.9 Å². The molecule has 0 rings (SSSR count). The fraction of sp³-hybridized carbons (Fsp3) is 0. The third kappa shape index (κ3) is 33.8. The zero-order valence-electron chi connectivity index (χ0n) is 12.5. The first-order valence-corrected chi connectivity index (χ1v) is 12.5. The van der Waals surface area contributed by atoms with Crippen LogP contribution in [0.4, 0.5) is 0 Å². The molecule has 4 N–H and O–H groups in total. The van der Waals surface area contributed by atoms with E-state index in [0.29, 0.717) is 0 Å². The van der Waals surface area contributed by atoms with Crippen LogP contribution in [-0.4, -0.2) is 69.2 Å². The van der Waals surface area contributed by atoms with E-state index in [1.165, 1.54) is 0 Å². The second kappa shape index (κ2) is 16.6. The minimum atomic E-state index is -5.42. The minimum absolute atomic E-state index is 0. The first kappa shape index (κ1) is 40.3. The molecule has 0 heterocycles. The van der Waals surface area contributed by atoms with Gasteiger partial charge >= 0.3 is 101 Å². The van der Waals surface area contributed by atoms with Crippen LogP contribution in [0.3, 0.4) is 0 Å². The molecule has 6 unspecified atom stereocenters. The second-order valence-corrected chi connectivity index (χ2v) is 10.2. The summed E-state index contributed by atoms with van der Waals surface area (Å²) in [5.74, 6) is 0. The van der Waals surface area contributed by atoms with E-state index in [0.717, 1.165) is 0 Å². The van der Waals surface area contributed by atoms with Crippen LogP contribution in [0.25, 0.3) is 0 Å².